The van der Waals surface area contributed by atoms with E-state index in [1.807, 2.05) is 31.2 Å². The Morgan fingerprint density at radius 1 is 1.38 bits per heavy atom. The SMILES string of the molecule is Cc1ccccc1OCCN1C(=O)N[C@@]2(CCSC2)C1=O. The number of hydrogen-bond donors (Lipinski definition) is 1. The summed E-state index contributed by atoms with van der Waals surface area (Å²) in [6, 6.07) is 7.40. The molecule has 1 aromatic carbocycles. The van der Waals surface area contributed by atoms with Crippen LogP contribution in [0.15, 0.2) is 24.3 Å². The molecule has 2 aliphatic rings. The Hall–Kier alpha value is -1.69. The topological polar surface area (TPSA) is 58.6 Å². The third-order valence-electron chi connectivity index (χ3n) is 3.93. The molecule has 0 saturated carbocycles. The van der Waals surface area contributed by atoms with E-state index in [9.17, 15) is 9.59 Å². The zero-order chi connectivity index (χ0) is 14.9. The van der Waals surface area contributed by atoms with Crippen LogP contribution in [0.1, 0.15) is 12.0 Å². The smallest absolute Gasteiger partial charge is 0.325 e. The van der Waals surface area contributed by atoms with Gasteiger partial charge in [0.2, 0.25) is 0 Å². The maximum atomic E-state index is 12.4. The highest BCUT2D eigenvalue weighted by Gasteiger charge is 2.52. The van der Waals surface area contributed by atoms with Crippen molar-refractivity contribution < 1.29 is 14.3 Å². The van der Waals surface area contributed by atoms with Crippen LogP contribution in [-0.4, -0.2) is 47.0 Å². The summed E-state index contributed by atoms with van der Waals surface area (Å²) in [5.41, 5.74) is 0.378. The Morgan fingerprint density at radius 2 is 2.19 bits per heavy atom. The number of hydrogen-bond acceptors (Lipinski definition) is 4. The van der Waals surface area contributed by atoms with Crippen LogP contribution in [-0.2, 0) is 4.79 Å². The van der Waals surface area contributed by atoms with Crippen LogP contribution in [0.25, 0.3) is 0 Å². The van der Waals surface area contributed by atoms with Crippen LogP contribution in [0.3, 0.4) is 0 Å². The zero-order valence-electron chi connectivity index (χ0n) is 11.9. The number of thioether (sulfide) groups is 1. The fourth-order valence-corrected chi connectivity index (χ4v) is 4.00. The molecule has 0 aliphatic carbocycles. The average Bonchev–Trinajstić information content (AvgIpc) is 3.02. The minimum atomic E-state index is -0.662. The van der Waals surface area contributed by atoms with E-state index >= 15 is 0 Å². The molecule has 0 unspecified atom stereocenters. The van der Waals surface area contributed by atoms with E-state index in [-0.39, 0.29) is 18.5 Å². The van der Waals surface area contributed by atoms with Crippen molar-refractivity contribution in [1.29, 1.82) is 0 Å². The molecule has 1 atom stereocenters. The number of carbonyl (C=O) groups is 2. The van der Waals surface area contributed by atoms with Crippen molar-refractivity contribution in [2.45, 2.75) is 18.9 Å². The third kappa shape index (κ3) is 2.60. The van der Waals surface area contributed by atoms with Gasteiger partial charge in [-0.1, -0.05) is 18.2 Å². The normalized spacial score (nSPS) is 24.7. The molecule has 112 valence electrons. The van der Waals surface area contributed by atoms with E-state index in [1.54, 1.807) is 11.8 Å². The number of nitrogens with one attached hydrogen (secondary N) is 1. The average molecular weight is 306 g/mol. The van der Waals surface area contributed by atoms with Crippen molar-refractivity contribution in [1.82, 2.24) is 10.2 Å². The van der Waals surface area contributed by atoms with Gasteiger partial charge in [-0.2, -0.15) is 11.8 Å². The lowest BCUT2D eigenvalue weighted by molar-refractivity contribution is -0.130. The maximum absolute atomic E-state index is 12.4. The quantitative estimate of drug-likeness (QED) is 0.862. The predicted octanol–water partition coefficient (Wildman–Crippen LogP) is 1.80. The molecule has 0 bridgehead atoms. The maximum Gasteiger partial charge on any atom is 0.325 e. The van der Waals surface area contributed by atoms with Gasteiger partial charge in [-0.15, -0.1) is 0 Å². The summed E-state index contributed by atoms with van der Waals surface area (Å²) in [5.74, 6) is 2.27. The van der Waals surface area contributed by atoms with Crippen molar-refractivity contribution in [2.75, 3.05) is 24.7 Å². The molecule has 2 saturated heterocycles. The summed E-state index contributed by atoms with van der Waals surface area (Å²) >= 11 is 1.71. The van der Waals surface area contributed by atoms with Gasteiger partial charge in [0.25, 0.3) is 5.91 Å². The highest BCUT2D eigenvalue weighted by molar-refractivity contribution is 7.99. The van der Waals surface area contributed by atoms with Gasteiger partial charge in [-0.3, -0.25) is 9.69 Å². The first-order chi connectivity index (χ1) is 10.1. The Bertz CT molecular complexity index is 570. The third-order valence-corrected chi connectivity index (χ3v) is 5.12. The predicted molar refractivity (Wildman–Crippen MR) is 81.6 cm³/mol. The van der Waals surface area contributed by atoms with E-state index < -0.39 is 5.54 Å². The lowest BCUT2D eigenvalue weighted by Crippen LogP contribution is -2.47. The summed E-state index contributed by atoms with van der Waals surface area (Å²) in [4.78, 5) is 25.7. The second-order valence-corrected chi connectivity index (χ2v) is 6.49. The van der Waals surface area contributed by atoms with Gasteiger partial charge in [0, 0.05) is 5.75 Å². The molecule has 1 aromatic rings. The molecule has 0 aromatic heterocycles. The standard InChI is InChI=1S/C15H18N2O3S/c1-11-4-2-3-5-12(11)20-8-7-17-13(18)15(16-14(17)19)6-9-21-10-15/h2-5H,6-10H2,1H3,(H,16,19)/t15-/m1/s1. The molecular formula is C15H18N2O3S. The second kappa shape index (κ2) is 5.60. The van der Waals surface area contributed by atoms with E-state index in [0.29, 0.717) is 12.4 Å². The van der Waals surface area contributed by atoms with Crippen molar-refractivity contribution in [2.24, 2.45) is 0 Å². The Kier molecular flexibility index (Phi) is 3.80. The number of carbonyl (C=O) groups excluding carboxylic acids is 2. The van der Waals surface area contributed by atoms with Crippen LogP contribution >= 0.6 is 11.8 Å². The van der Waals surface area contributed by atoms with Crippen LogP contribution < -0.4 is 10.1 Å². The molecule has 21 heavy (non-hydrogen) atoms. The van der Waals surface area contributed by atoms with Crippen LogP contribution in [0.2, 0.25) is 0 Å². The summed E-state index contributed by atoms with van der Waals surface area (Å²) in [5, 5.41) is 2.85. The molecule has 3 rings (SSSR count). The van der Waals surface area contributed by atoms with Crippen molar-refractivity contribution in [3.8, 4) is 5.75 Å². The molecule has 2 heterocycles. The number of aryl methyl sites for hydroxylation is 1. The number of amides is 3. The van der Waals surface area contributed by atoms with Gasteiger partial charge >= 0.3 is 6.03 Å². The van der Waals surface area contributed by atoms with Gasteiger partial charge in [0.15, 0.2) is 0 Å². The Balaban J connectivity index is 1.59. The fourth-order valence-electron chi connectivity index (χ4n) is 2.68. The summed E-state index contributed by atoms with van der Waals surface area (Å²) in [7, 11) is 0. The van der Waals surface area contributed by atoms with Gasteiger partial charge in [-0.05, 0) is 30.7 Å². The molecule has 3 amide bonds. The number of rotatable bonds is 4. The van der Waals surface area contributed by atoms with Crippen LogP contribution in [0, 0.1) is 6.92 Å². The highest BCUT2D eigenvalue weighted by atomic mass is 32.2. The van der Waals surface area contributed by atoms with Crippen molar-refractivity contribution in [3.63, 3.8) is 0 Å². The Labute approximate surface area is 128 Å². The molecule has 6 heteroatoms. The van der Waals surface area contributed by atoms with E-state index in [1.165, 1.54) is 4.90 Å². The van der Waals surface area contributed by atoms with Gasteiger partial charge < -0.3 is 10.1 Å². The van der Waals surface area contributed by atoms with E-state index in [0.717, 1.165) is 23.5 Å². The van der Waals surface area contributed by atoms with E-state index in [4.69, 9.17) is 4.74 Å². The zero-order valence-corrected chi connectivity index (χ0v) is 12.7. The lowest BCUT2D eigenvalue weighted by atomic mass is 9.99. The van der Waals surface area contributed by atoms with Crippen LogP contribution in [0.4, 0.5) is 4.79 Å². The number of urea groups is 1. The largest absolute Gasteiger partial charge is 0.491 e. The molecule has 2 aliphatic heterocycles. The van der Waals surface area contributed by atoms with Gasteiger partial charge in [0.05, 0.1) is 6.54 Å². The van der Waals surface area contributed by atoms with Crippen molar-refractivity contribution >= 4 is 23.7 Å². The highest BCUT2D eigenvalue weighted by Crippen LogP contribution is 2.33. The van der Waals surface area contributed by atoms with Crippen molar-refractivity contribution in [3.05, 3.63) is 29.8 Å². The Morgan fingerprint density at radius 3 is 2.90 bits per heavy atom. The molecular weight excluding hydrogens is 288 g/mol. The number of imide groups is 1. The number of benzene rings is 1. The summed E-state index contributed by atoms with van der Waals surface area (Å²) in [6.07, 6.45) is 0.720. The van der Waals surface area contributed by atoms with E-state index in [2.05, 4.69) is 5.32 Å². The summed E-state index contributed by atoms with van der Waals surface area (Å²) in [6.45, 7) is 2.56. The molecule has 2 fully saturated rings. The fraction of sp³-hybridized carbons (Fsp3) is 0.467. The first kappa shape index (κ1) is 14.3. The minimum absolute atomic E-state index is 0.106. The van der Waals surface area contributed by atoms with Crippen LogP contribution in [0.5, 0.6) is 5.75 Å². The molecule has 1 spiro atoms. The molecule has 1 N–H and O–H groups in total. The number of para-hydroxylation sites is 1. The first-order valence-electron chi connectivity index (χ1n) is 7.03. The van der Waals surface area contributed by atoms with Gasteiger partial charge in [0.1, 0.15) is 17.9 Å². The molecule has 0 radical (unpaired) electrons. The number of ether oxygens (including phenoxy) is 1. The first-order valence-corrected chi connectivity index (χ1v) is 8.18. The second-order valence-electron chi connectivity index (χ2n) is 5.39. The lowest BCUT2D eigenvalue weighted by Gasteiger charge is -2.19. The minimum Gasteiger partial charge on any atom is -0.491 e. The number of nitrogens with zero attached hydrogens (tertiary/aromatic N) is 1. The summed E-state index contributed by atoms with van der Waals surface area (Å²) < 4.78 is 5.67. The monoisotopic (exact) mass is 306 g/mol. The molecule has 5 nitrogen and oxygen atoms in total. The van der Waals surface area contributed by atoms with Gasteiger partial charge in [-0.25, -0.2) is 4.79 Å².